The van der Waals surface area contributed by atoms with Crippen molar-refractivity contribution in [2.45, 2.75) is 13.3 Å². The van der Waals surface area contributed by atoms with Gasteiger partial charge in [-0.3, -0.25) is 0 Å². The Labute approximate surface area is 97.6 Å². The Bertz CT molecular complexity index is 302. The SMILES string of the molecule is CCCNc1cc(OCCN(C)C)ccn1. The topological polar surface area (TPSA) is 37.4 Å². The predicted molar refractivity (Wildman–Crippen MR) is 67.1 cm³/mol. The molecule has 0 saturated heterocycles. The quantitative estimate of drug-likeness (QED) is 0.765. The van der Waals surface area contributed by atoms with Gasteiger partial charge >= 0.3 is 0 Å². The number of nitrogens with one attached hydrogen (secondary N) is 1. The number of anilines is 1. The highest BCUT2D eigenvalue weighted by molar-refractivity contribution is 5.40. The van der Waals surface area contributed by atoms with Crippen molar-refractivity contribution in [2.24, 2.45) is 0 Å². The van der Waals surface area contributed by atoms with Gasteiger partial charge in [-0.25, -0.2) is 4.98 Å². The van der Waals surface area contributed by atoms with E-state index < -0.39 is 0 Å². The van der Waals surface area contributed by atoms with E-state index in [-0.39, 0.29) is 0 Å². The normalized spacial score (nSPS) is 10.5. The molecular weight excluding hydrogens is 202 g/mol. The van der Waals surface area contributed by atoms with Crippen LogP contribution in [0.4, 0.5) is 5.82 Å². The predicted octanol–water partition coefficient (Wildman–Crippen LogP) is 1.84. The molecule has 0 aliphatic heterocycles. The van der Waals surface area contributed by atoms with Crippen LogP contribution < -0.4 is 10.1 Å². The van der Waals surface area contributed by atoms with E-state index in [9.17, 15) is 0 Å². The number of hydrogen-bond acceptors (Lipinski definition) is 4. The third-order valence-corrected chi connectivity index (χ3v) is 2.09. The number of aromatic nitrogens is 1. The summed E-state index contributed by atoms with van der Waals surface area (Å²) in [5.74, 6) is 1.75. The molecule has 0 aliphatic rings. The molecule has 0 aromatic carbocycles. The zero-order chi connectivity index (χ0) is 11.8. The van der Waals surface area contributed by atoms with Crippen LogP contribution in [0.5, 0.6) is 5.75 Å². The molecule has 1 aromatic heterocycles. The van der Waals surface area contributed by atoms with Crippen LogP contribution in [0.3, 0.4) is 0 Å². The minimum absolute atomic E-state index is 0.699. The van der Waals surface area contributed by atoms with E-state index in [0.717, 1.165) is 31.1 Å². The first kappa shape index (κ1) is 12.8. The highest BCUT2D eigenvalue weighted by Crippen LogP contribution is 2.14. The van der Waals surface area contributed by atoms with Crippen LogP contribution in [0, 0.1) is 0 Å². The Balaban J connectivity index is 2.40. The Morgan fingerprint density at radius 3 is 2.94 bits per heavy atom. The molecule has 0 spiro atoms. The summed E-state index contributed by atoms with van der Waals surface area (Å²) in [5, 5.41) is 3.23. The third-order valence-electron chi connectivity index (χ3n) is 2.09. The Hall–Kier alpha value is -1.29. The van der Waals surface area contributed by atoms with Gasteiger partial charge in [-0.2, -0.15) is 0 Å². The first-order valence-electron chi connectivity index (χ1n) is 5.70. The summed E-state index contributed by atoms with van der Waals surface area (Å²) in [7, 11) is 4.06. The van der Waals surface area contributed by atoms with E-state index in [1.807, 2.05) is 26.2 Å². The summed E-state index contributed by atoms with van der Waals surface area (Å²) in [6.45, 7) is 4.68. The Morgan fingerprint density at radius 1 is 1.44 bits per heavy atom. The number of hydrogen-bond donors (Lipinski definition) is 1. The summed E-state index contributed by atoms with van der Waals surface area (Å²) in [5.41, 5.74) is 0. The number of likely N-dealkylation sites (N-methyl/N-ethyl adjacent to an activating group) is 1. The van der Waals surface area contributed by atoms with Gasteiger partial charge in [-0.05, 0) is 26.6 Å². The van der Waals surface area contributed by atoms with Crippen LogP contribution in [-0.4, -0.2) is 43.7 Å². The standard InChI is InChI=1S/C12H21N3O/c1-4-6-13-12-10-11(5-7-14-12)16-9-8-15(2)3/h5,7,10H,4,6,8-9H2,1-3H3,(H,13,14). The maximum Gasteiger partial charge on any atom is 0.129 e. The second-order valence-electron chi connectivity index (χ2n) is 3.96. The minimum atomic E-state index is 0.699. The van der Waals surface area contributed by atoms with Crippen molar-refractivity contribution in [2.75, 3.05) is 39.1 Å². The molecular formula is C12H21N3O. The maximum atomic E-state index is 5.62. The van der Waals surface area contributed by atoms with Crippen molar-refractivity contribution in [3.8, 4) is 5.75 Å². The van der Waals surface area contributed by atoms with Crippen LogP contribution in [0.1, 0.15) is 13.3 Å². The molecule has 0 bridgehead atoms. The van der Waals surface area contributed by atoms with Gasteiger partial charge in [0, 0.05) is 25.4 Å². The molecule has 0 amide bonds. The lowest BCUT2D eigenvalue weighted by Crippen LogP contribution is -2.19. The summed E-state index contributed by atoms with van der Waals surface area (Å²) in [6, 6.07) is 3.82. The average Bonchev–Trinajstić information content (AvgIpc) is 2.26. The highest BCUT2D eigenvalue weighted by atomic mass is 16.5. The summed E-state index contributed by atoms with van der Waals surface area (Å²) in [4.78, 5) is 6.31. The molecule has 4 heteroatoms. The van der Waals surface area contributed by atoms with Gasteiger partial charge < -0.3 is 15.0 Å². The van der Waals surface area contributed by atoms with Gasteiger partial charge in [-0.15, -0.1) is 0 Å². The van der Waals surface area contributed by atoms with E-state index >= 15 is 0 Å². The number of ether oxygens (including phenoxy) is 1. The van der Waals surface area contributed by atoms with Crippen molar-refractivity contribution in [1.82, 2.24) is 9.88 Å². The maximum absolute atomic E-state index is 5.62. The van der Waals surface area contributed by atoms with Crippen LogP contribution >= 0.6 is 0 Å². The summed E-state index contributed by atoms with van der Waals surface area (Å²) < 4.78 is 5.62. The van der Waals surface area contributed by atoms with Gasteiger partial charge in [0.15, 0.2) is 0 Å². The molecule has 0 saturated carbocycles. The molecule has 0 radical (unpaired) electrons. The first-order chi connectivity index (χ1) is 7.72. The van der Waals surface area contributed by atoms with E-state index in [2.05, 4.69) is 22.1 Å². The zero-order valence-electron chi connectivity index (χ0n) is 10.4. The van der Waals surface area contributed by atoms with Crippen molar-refractivity contribution in [3.05, 3.63) is 18.3 Å². The lowest BCUT2D eigenvalue weighted by molar-refractivity contribution is 0.261. The first-order valence-corrected chi connectivity index (χ1v) is 5.70. The lowest BCUT2D eigenvalue weighted by Gasteiger charge is -2.11. The van der Waals surface area contributed by atoms with Crippen LogP contribution in [0.2, 0.25) is 0 Å². The Kier molecular flexibility index (Phi) is 5.64. The smallest absolute Gasteiger partial charge is 0.129 e. The van der Waals surface area contributed by atoms with Crippen LogP contribution in [0.25, 0.3) is 0 Å². The Morgan fingerprint density at radius 2 is 2.25 bits per heavy atom. The van der Waals surface area contributed by atoms with E-state index in [1.165, 1.54) is 0 Å². The molecule has 0 fully saturated rings. The van der Waals surface area contributed by atoms with Crippen molar-refractivity contribution < 1.29 is 4.74 Å². The monoisotopic (exact) mass is 223 g/mol. The molecule has 1 aromatic rings. The molecule has 1 heterocycles. The highest BCUT2D eigenvalue weighted by Gasteiger charge is 1.97. The lowest BCUT2D eigenvalue weighted by atomic mass is 10.4. The average molecular weight is 223 g/mol. The van der Waals surface area contributed by atoms with E-state index in [4.69, 9.17) is 4.74 Å². The molecule has 1 rings (SSSR count). The van der Waals surface area contributed by atoms with Crippen LogP contribution in [0.15, 0.2) is 18.3 Å². The van der Waals surface area contributed by atoms with Crippen molar-refractivity contribution in [1.29, 1.82) is 0 Å². The summed E-state index contributed by atoms with van der Waals surface area (Å²) >= 11 is 0. The van der Waals surface area contributed by atoms with E-state index in [0.29, 0.717) is 6.61 Å². The fourth-order valence-corrected chi connectivity index (χ4v) is 1.20. The fourth-order valence-electron chi connectivity index (χ4n) is 1.20. The molecule has 90 valence electrons. The molecule has 4 nitrogen and oxygen atoms in total. The molecule has 0 atom stereocenters. The third kappa shape index (κ3) is 4.98. The second-order valence-corrected chi connectivity index (χ2v) is 3.96. The van der Waals surface area contributed by atoms with Gasteiger partial charge in [0.25, 0.3) is 0 Å². The van der Waals surface area contributed by atoms with Gasteiger partial charge in [0.05, 0.1) is 0 Å². The number of nitrogens with zero attached hydrogens (tertiary/aromatic N) is 2. The molecule has 0 unspecified atom stereocenters. The largest absolute Gasteiger partial charge is 0.492 e. The van der Waals surface area contributed by atoms with Gasteiger partial charge in [0.1, 0.15) is 18.2 Å². The van der Waals surface area contributed by atoms with Gasteiger partial charge in [0.2, 0.25) is 0 Å². The summed E-state index contributed by atoms with van der Waals surface area (Å²) in [6.07, 6.45) is 2.86. The molecule has 1 N–H and O–H groups in total. The number of rotatable bonds is 7. The number of pyridine rings is 1. The van der Waals surface area contributed by atoms with Crippen molar-refractivity contribution >= 4 is 5.82 Å². The van der Waals surface area contributed by atoms with Crippen molar-refractivity contribution in [3.63, 3.8) is 0 Å². The van der Waals surface area contributed by atoms with Gasteiger partial charge in [-0.1, -0.05) is 6.92 Å². The fraction of sp³-hybridized carbons (Fsp3) is 0.583. The molecule has 0 aliphatic carbocycles. The van der Waals surface area contributed by atoms with Crippen LogP contribution in [-0.2, 0) is 0 Å². The minimum Gasteiger partial charge on any atom is -0.492 e. The zero-order valence-corrected chi connectivity index (χ0v) is 10.4. The van der Waals surface area contributed by atoms with E-state index in [1.54, 1.807) is 6.20 Å². The second kappa shape index (κ2) is 7.06. The molecule has 16 heavy (non-hydrogen) atoms.